The monoisotopic (exact) mass is 519 g/mol. The number of halogens is 1. The van der Waals surface area contributed by atoms with E-state index >= 15 is 4.39 Å². The molecule has 0 saturated heterocycles. The highest BCUT2D eigenvalue weighted by atomic mass is 19.1. The van der Waals surface area contributed by atoms with Crippen LogP contribution >= 0.6 is 0 Å². The van der Waals surface area contributed by atoms with Crippen LogP contribution in [0.25, 0.3) is 33.3 Å². The van der Waals surface area contributed by atoms with Gasteiger partial charge in [0.25, 0.3) is 0 Å². The summed E-state index contributed by atoms with van der Waals surface area (Å²) in [5.74, 6) is -0.136. The summed E-state index contributed by atoms with van der Waals surface area (Å²) in [5, 5.41) is 13.0. The molecule has 3 aromatic heterocycles. The molecule has 0 bridgehead atoms. The van der Waals surface area contributed by atoms with E-state index in [2.05, 4.69) is 32.9 Å². The van der Waals surface area contributed by atoms with Crippen molar-refractivity contribution >= 4 is 22.6 Å². The second kappa shape index (κ2) is 10.4. The molecule has 39 heavy (non-hydrogen) atoms. The Balaban J connectivity index is 1.66. The Morgan fingerprint density at radius 1 is 1.21 bits per heavy atom. The molecule has 0 atom stereocenters. The summed E-state index contributed by atoms with van der Waals surface area (Å²) in [6.07, 6.45) is 5.72. The van der Waals surface area contributed by atoms with Crippen LogP contribution < -0.4 is 15.8 Å². The number of carbonyl (C=O) groups is 1. The minimum atomic E-state index is -0.501. The normalized spacial score (nSPS) is 10.7. The van der Waals surface area contributed by atoms with Gasteiger partial charge in [0.15, 0.2) is 0 Å². The lowest BCUT2D eigenvalue weighted by molar-refractivity contribution is -0.116. The topological polar surface area (TPSA) is 132 Å². The molecular formula is C29H22FN7O2. The Morgan fingerprint density at radius 2 is 1.95 bits per heavy atom. The number of benzene rings is 2. The van der Waals surface area contributed by atoms with Crippen molar-refractivity contribution in [2.45, 2.75) is 6.54 Å². The molecule has 0 aliphatic heterocycles. The molecule has 192 valence electrons. The van der Waals surface area contributed by atoms with E-state index in [0.29, 0.717) is 50.2 Å². The largest absolute Gasteiger partial charge is 0.424 e. The van der Waals surface area contributed by atoms with E-state index < -0.39 is 5.82 Å². The van der Waals surface area contributed by atoms with Crippen molar-refractivity contribution in [3.8, 4) is 40.2 Å². The minimum absolute atomic E-state index is 0.145. The number of pyridine rings is 1. The van der Waals surface area contributed by atoms with Crippen LogP contribution in [0.4, 0.5) is 10.2 Å². The number of nitrogens with zero attached hydrogens (tertiary/aromatic N) is 5. The zero-order valence-electron chi connectivity index (χ0n) is 20.9. The maximum absolute atomic E-state index is 15.6. The third-order valence-electron chi connectivity index (χ3n) is 6.19. The summed E-state index contributed by atoms with van der Waals surface area (Å²) in [6.45, 7) is 3.56. The van der Waals surface area contributed by atoms with Crippen molar-refractivity contribution in [2.75, 3.05) is 5.73 Å². The van der Waals surface area contributed by atoms with Gasteiger partial charge in [0.1, 0.15) is 23.5 Å². The molecule has 0 saturated carbocycles. The number of aryl methyl sites for hydroxylation is 1. The summed E-state index contributed by atoms with van der Waals surface area (Å²) in [4.78, 5) is 23.9. The lowest BCUT2D eigenvalue weighted by Crippen LogP contribution is -2.20. The van der Waals surface area contributed by atoms with Gasteiger partial charge in [-0.15, -0.1) is 0 Å². The van der Waals surface area contributed by atoms with Crippen LogP contribution in [0.1, 0.15) is 11.1 Å². The van der Waals surface area contributed by atoms with Gasteiger partial charge in [-0.3, -0.25) is 4.79 Å². The predicted octanol–water partition coefficient (Wildman–Crippen LogP) is 4.88. The Bertz CT molecular complexity index is 1760. The zero-order chi connectivity index (χ0) is 27.5. The number of nitrogen functional groups attached to an aromatic ring is 1. The molecule has 3 heterocycles. The van der Waals surface area contributed by atoms with Crippen LogP contribution in [-0.2, 0) is 18.4 Å². The predicted molar refractivity (Wildman–Crippen MR) is 145 cm³/mol. The van der Waals surface area contributed by atoms with Crippen LogP contribution in [0.2, 0.25) is 0 Å². The SMILES string of the molecule is C=CC(=O)NCc1ccc(-c2c(-c3ccc(Oc4ncccn4)cc3)c3c(N)ncc(C#N)c3n2C)c(F)c1. The highest BCUT2D eigenvalue weighted by molar-refractivity contribution is 6.10. The maximum atomic E-state index is 15.6. The van der Waals surface area contributed by atoms with Gasteiger partial charge in [-0.1, -0.05) is 24.8 Å². The molecule has 0 aliphatic rings. The fourth-order valence-electron chi connectivity index (χ4n) is 4.44. The average Bonchev–Trinajstić information content (AvgIpc) is 3.26. The first-order valence-corrected chi connectivity index (χ1v) is 11.8. The Morgan fingerprint density at radius 3 is 2.62 bits per heavy atom. The molecule has 5 aromatic rings. The first-order valence-electron chi connectivity index (χ1n) is 11.8. The van der Waals surface area contributed by atoms with E-state index in [-0.39, 0.29) is 24.3 Å². The van der Waals surface area contributed by atoms with Gasteiger partial charge < -0.3 is 20.4 Å². The van der Waals surface area contributed by atoms with Crippen LogP contribution in [0.15, 0.2) is 79.8 Å². The minimum Gasteiger partial charge on any atom is -0.424 e. The number of hydrogen-bond acceptors (Lipinski definition) is 7. The number of nitrogens with one attached hydrogen (secondary N) is 1. The number of hydrogen-bond donors (Lipinski definition) is 2. The summed E-state index contributed by atoms with van der Waals surface area (Å²) in [6, 6.07) is 15.9. The molecule has 10 heteroatoms. The van der Waals surface area contributed by atoms with Crippen molar-refractivity contribution < 1.29 is 13.9 Å². The highest BCUT2D eigenvalue weighted by Gasteiger charge is 2.25. The van der Waals surface area contributed by atoms with Crippen LogP contribution in [0.3, 0.4) is 0 Å². The molecule has 1 amide bonds. The zero-order valence-corrected chi connectivity index (χ0v) is 20.9. The first kappa shape index (κ1) is 25.1. The average molecular weight is 520 g/mol. The molecule has 2 aromatic carbocycles. The van der Waals surface area contributed by atoms with E-state index in [1.54, 1.807) is 54.3 Å². The third kappa shape index (κ3) is 4.76. The van der Waals surface area contributed by atoms with Crippen molar-refractivity contribution in [1.29, 1.82) is 5.26 Å². The number of anilines is 1. The number of ether oxygens (including phenoxy) is 1. The summed E-state index contributed by atoms with van der Waals surface area (Å²) >= 11 is 0. The van der Waals surface area contributed by atoms with Crippen molar-refractivity contribution in [2.24, 2.45) is 7.05 Å². The number of fused-ring (bicyclic) bond motifs is 1. The Kier molecular flexibility index (Phi) is 6.72. The molecule has 5 rings (SSSR count). The quantitative estimate of drug-likeness (QED) is 0.293. The number of nitrogens with two attached hydrogens (primary N) is 1. The van der Waals surface area contributed by atoms with E-state index in [1.807, 2.05) is 12.1 Å². The number of aromatic nitrogens is 4. The smallest absolute Gasteiger partial charge is 0.321 e. The summed E-state index contributed by atoms with van der Waals surface area (Å²) in [7, 11) is 1.75. The number of rotatable bonds is 7. The van der Waals surface area contributed by atoms with E-state index in [0.717, 1.165) is 6.08 Å². The molecular weight excluding hydrogens is 497 g/mol. The fraction of sp³-hybridized carbons (Fsp3) is 0.0690. The standard InChI is InChI=1S/C29H22FN7O2/c1-3-23(38)35-15-17-5-10-21(22(30)13-17)27-24(25-26(37(27)2)19(14-31)16-36-28(25)32)18-6-8-20(9-7-18)39-29-33-11-4-12-34-29/h3-13,16H,1,15H2,2H3,(H2,32,36)(H,35,38). The van der Waals surface area contributed by atoms with E-state index in [9.17, 15) is 10.1 Å². The van der Waals surface area contributed by atoms with Gasteiger partial charge in [0.05, 0.1) is 22.2 Å². The third-order valence-corrected chi connectivity index (χ3v) is 6.19. The Labute approximate surface area is 223 Å². The lowest BCUT2D eigenvalue weighted by Gasteiger charge is -2.12. The molecule has 0 aliphatic carbocycles. The van der Waals surface area contributed by atoms with Gasteiger partial charge >= 0.3 is 6.01 Å². The van der Waals surface area contributed by atoms with Crippen molar-refractivity contribution in [3.63, 3.8) is 0 Å². The van der Waals surface area contributed by atoms with Crippen LogP contribution in [0, 0.1) is 17.1 Å². The van der Waals surface area contributed by atoms with Gasteiger partial charge in [0.2, 0.25) is 5.91 Å². The molecule has 0 spiro atoms. The van der Waals surface area contributed by atoms with Gasteiger partial charge in [-0.25, -0.2) is 19.3 Å². The van der Waals surface area contributed by atoms with Crippen LogP contribution in [0.5, 0.6) is 11.8 Å². The molecule has 0 radical (unpaired) electrons. The molecule has 3 N–H and O–H groups in total. The highest BCUT2D eigenvalue weighted by Crippen LogP contribution is 2.44. The molecule has 0 fully saturated rings. The van der Waals surface area contributed by atoms with Gasteiger partial charge in [-0.05, 0) is 47.5 Å². The summed E-state index contributed by atoms with van der Waals surface area (Å²) < 4.78 is 23.1. The lowest BCUT2D eigenvalue weighted by atomic mass is 9.97. The fourth-order valence-corrected chi connectivity index (χ4v) is 4.44. The van der Waals surface area contributed by atoms with Gasteiger partial charge in [-0.2, -0.15) is 5.26 Å². The van der Waals surface area contributed by atoms with Gasteiger partial charge in [0, 0.05) is 43.3 Å². The van der Waals surface area contributed by atoms with E-state index in [1.165, 1.54) is 12.3 Å². The number of amides is 1. The first-order chi connectivity index (χ1) is 18.9. The number of nitriles is 1. The number of carbonyl (C=O) groups excluding carboxylic acids is 1. The molecule has 0 unspecified atom stereocenters. The summed E-state index contributed by atoms with van der Waals surface area (Å²) in [5.41, 5.74) is 9.89. The molecule has 9 nitrogen and oxygen atoms in total. The van der Waals surface area contributed by atoms with Crippen LogP contribution in [-0.4, -0.2) is 25.4 Å². The Hall–Kier alpha value is -5.56. The second-order valence-electron chi connectivity index (χ2n) is 8.57. The maximum Gasteiger partial charge on any atom is 0.321 e. The van der Waals surface area contributed by atoms with E-state index in [4.69, 9.17) is 10.5 Å². The van der Waals surface area contributed by atoms with Crippen molar-refractivity contribution in [3.05, 3.63) is 96.7 Å². The second-order valence-corrected chi connectivity index (χ2v) is 8.57. The van der Waals surface area contributed by atoms with Crippen molar-refractivity contribution in [1.82, 2.24) is 24.8 Å².